The Kier molecular flexibility index (Phi) is 5.08. The van der Waals surface area contributed by atoms with Crippen molar-refractivity contribution in [2.75, 3.05) is 0 Å². The highest BCUT2D eigenvalue weighted by Gasteiger charge is 2.18. The van der Waals surface area contributed by atoms with Gasteiger partial charge in [0.25, 0.3) is 0 Å². The second-order valence-electron chi connectivity index (χ2n) is 6.32. The third-order valence-electron chi connectivity index (χ3n) is 3.88. The number of amides is 1. The normalized spacial score (nSPS) is 12.3. The molecule has 1 amide bonds. The maximum Gasteiger partial charge on any atom is 0.246 e. The molecule has 136 valence electrons. The largest absolute Gasteiger partial charge is 0.346 e. The minimum Gasteiger partial charge on any atom is -0.346 e. The fraction of sp³-hybridized carbons (Fsp3) is 0.353. The van der Waals surface area contributed by atoms with Gasteiger partial charge < -0.3 is 15.6 Å². The molecule has 0 aliphatic rings. The van der Waals surface area contributed by atoms with Gasteiger partial charge in [0.1, 0.15) is 5.82 Å². The van der Waals surface area contributed by atoms with Crippen molar-refractivity contribution in [1.82, 2.24) is 30.6 Å². The number of aromatic nitrogens is 5. The van der Waals surface area contributed by atoms with Gasteiger partial charge >= 0.3 is 0 Å². The summed E-state index contributed by atoms with van der Waals surface area (Å²) >= 11 is 0. The van der Waals surface area contributed by atoms with Gasteiger partial charge in [-0.05, 0) is 18.9 Å². The molecule has 0 aliphatic carbocycles. The number of carbonyl (C=O) groups is 1. The molecule has 9 nitrogen and oxygen atoms in total. The van der Waals surface area contributed by atoms with Crippen LogP contribution in [0.4, 0.5) is 0 Å². The Bertz CT molecular complexity index is 900. The van der Waals surface area contributed by atoms with Gasteiger partial charge in [-0.25, -0.2) is 4.98 Å². The summed E-state index contributed by atoms with van der Waals surface area (Å²) in [6.07, 6.45) is 0. The van der Waals surface area contributed by atoms with E-state index in [1.807, 2.05) is 45.0 Å². The first kappa shape index (κ1) is 17.7. The molecule has 1 aromatic carbocycles. The third kappa shape index (κ3) is 3.94. The fourth-order valence-corrected chi connectivity index (χ4v) is 2.30. The number of hydrogen-bond donors (Lipinski definition) is 3. The highest BCUT2D eigenvalue weighted by molar-refractivity contribution is 5.81. The van der Waals surface area contributed by atoms with Crippen LogP contribution in [0.1, 0.15) is 25.6 Å². The monoisotopic (exact) mass is 355 g/mol. The maximum atomic E-state index is 11.9. The lowest BCUT2D eigenvalue weighted by Gasteiger charge is -2.14. The molecule has 2 heterocycles. The zero-order valence-electron chi connectivity index (χ0n) is 14.9. The first-order valence-electron chi connectivity index (χ1n) is 8.29. The molecule has 0 unspecified atom stereocenters. The SMILES string of the molecule is Cc1nc(-c2cccc(-c3noc(CNC(=O)[C@@H](N)C(C)C)n3)c2)n[nH]1. The highest BCUT2D eigenvalue weighted by atomic mass is 16.5. The summed E-state index contributed by atoms with van der Waals surface area (Å²) in [5, 5.41) is 13.6. The molecular weight excluding hydrogens is 334 g/mol. The molecule has 0 spiro atoms. The summed E-state index contributed by atoms with van der Waals surface area (Å²) in [5.41, 5.74) is 7.41. The molecule has 0 bridgehead atoms. The molecule has 0 fully saturated rings. The van der Waals surface area contributed by atoms with E-state index >= 15 is 0 Å². The Morgan fingerprint density at radius 1 is 1.27 bits per heavy atom. The van der Waals surface area contributed by atoms with E-state index in [1.54, 1.807) is 0 Å². The summed E-state index contributed by atoms with van der Waals surface area (Å²) in [7, 11) is 0. The predicted molar refractivity (Wildman–Crippen MR) is 94.5 cm³/mol. The van der Waals surface area contributed by atoms with Crippen LogP contribution in [0.3, 0.4) is 0 Å². The summed E-state index contributed by atoms with van der Waals surface area (Å²) in [6.45, 7) is 5.74. The van der Waals surface area contributed by atoms with Gasteiger partial charge in [0.15, 0.2) is 5.82 Å². The number of benzene rings is 1. The van der Waals surface area contributed by atoms with E-state index in [-0.39, 0.29) is 18.4 Å². The lowest BCUT2D eigenvalue weighted by atomic mass is 10.1. The van der Waals surface area contributed by atoms with E-state index < -0.39 is 6.04 Å². The van der Waals surface area contributed by atoms with Gasteiger partial charge in [-0.2, -0.15) is 10.1 Å². The molecule has 0 radical (unpaired) electrons. The van der Waals surface area contributed by atoms with Crippen LogP contribution < -0.4 is 11.1 Å². The van der Waals surface area contributed by atoms with Gasteiger partial charge in [0.05, 0.1) is 12.6 Å². The Morgan fingerprint density at radius 3 is 2.65 bits per heavy atom. The smallest absolute Gasteiger partial charge is 0.246 e. The Labute approximate surface area is 150 Å². The Hall–Kier alpha value is -3.07. The van der Waals surface area contributed by atoms with Crippen LogP contribution in [-0.4, -0.2) is 37.3 Å². The lowest BCUT2D eigenvalue weighted by molar-refractivity contribution is -0.123. The van der Waals surface area contributed by atoms with Gasteiger partial charge in [-0.3, -0.25) is 9.89 Å². The van der Waals surface area contributed by atoms with Gasteiger partial charge in [-0.1, -0.05) is 37.2 Å². The molecule has 3 rings (SSSR count). The average molecular weight is 355 g/mol. The van der Waals surface area contributed by atoms with Crippen molar-refractivity contribution in [1.29, 1.82) is 0 Å². The van der Waals surface area contributed by atoms with Crippen molar-refractivity contribution in [3.63, 3.8) is 0 Å². The quantitative estimate of drug-likeness (QED) is 0.608. The van der Waals surface area contributed by atoms with E-state index in [0.717, 1.165) is 17.0 Å². The van der Waals surface area contributed by atoms with Crippen LogP contribution in [0, 0.1) is 12.8 Å². The highest BCUT2D eigenvalue weighted by Crippen LogP contribution is 2.22. The molecule has 0 aliphatic heterocycles. The van der Waals surface area contributed by atoms with E-state index in [0.29, 0.717) is 17.5 Å². The van der Waals surface area contributed by atoms with Crippen LogP contribution in [0.15, 0.2) is 28.8 Å². The Morgan fingerprint density at radius 2 is 2.00 bits per heavy atom. The van der Waals surface area contributed by atoms with Crippen molar-refractivity contribution in [3.05, 3.63) is 36.0 Å². The third-order valence-corrected chi connectivity index (χ3v) is 3.88. The molecule has 1 atom stereocenters. The van der Waals surface area contributed by atoms with Gasteiger partial charge in [0.2, 0.25) is 17.6 Å². The number of nitrogens with zero attached hydrogens (tertiary/aromatic N) is 4. The van der Waals surface area contributed by atoms with Crippen LogP contribution in [0.2, 0.25) is 0 Å². The van der Waals surface area contributed by atoms with E-state index in [1.165, 1.54) is 0 Å². The molecule has 2 aromatic heterocycles. The van der Waals surface area contributed by atoms with Crippen molar-refractivity contribution < 1.29 is 9.32 Å². The van der Waals surface area contributed by atoms with Gasteiger partial charge in [0, 0.05) is 11.1 Å². The summed E-state index contributed by atoms with van der Waals surface area (Å²) in [5.74, 6) is 1.88. The molecular formula is C17H21N7O2. The summed E-state index contributed by atoms with van der Waals surface area (Å²) in [4.78, 5) is 20.5. The van der Waals surface area contributed by atoms with Crippen LogP contribution in [0.25, 0.3) is 22.8 Å². The zero-order valence-corrected chi connectivity index (χ0v) is 14.9. The zero-order chi connectivity index (χ0) is 18.7. The fourth-order valence-electron chi connectivity index (χ4n) is 2.30. The van der Waals surface area contributed by atoms with E-state index in [9.17, 15) is 4.79 Å². The summed E-state index contributed by atoms with van der Waals surface area (Å²) in [6, 6.07) is 6.95. The summed E-state index contributed by atoms with van der Waals surface area (Å²) < 4.78 is 5.21. The topological polar surface area (TPSA) is 136 Å². The number of H-pyrrole nitrogens is 1. The van der Waals surface area contributed by atoms with E-state index in [4.69, 9.17) is 10.3 Å². The number of aryl methyl sites for hydroxylation is 1. The van der Waals surface area contributed by atoms with Gasteiger partial charge in [-0.15, -0.1) is 0 Å². The molecule has 3 aromatic rings. The van der Waals surface area contributed by atoms with Crippen LogP contribution >= 0.6 is 0 Å². The minimum absolute atomic E-state index is 0.0512. The minimum atomic E-state index is -0.570. The van der Waals surface area contributed by atoms with Crippen molar-refractivity contribution in [2.45, 2.75) is 33.4 Å². The second kappa shape index (κ2) is 7.44. The maximum absolute atomic E-state index is 11.9. The number of nitrogens with two attached hydrogens (primary N) is 1. The van der Waals surface area contributed by atoms with Crippen LogP contribution in [-0.2, 0) is 11.3 Å². The number of nitrogens with one attached hydrogen (secondary N) is 2. The number of hydrogen-bond acceptors (Lipinski definition) is 7. The van der Waals surface area contributed by atoms with E-state index in [2.05, 4.69) is 30.6 Å². The first-order chi connectivity index (χ1) is 12.4. The Balaban J connectivity index is 1.71. The molecule has 9 heteroatoms. The van der Waals surface area contributed by atoms with Crippen molar-refractivity contribution >= 4 is 5.91 Å². The molecule has 26 heavy (non-hydrogen) atoms. The molecule has 0 saturated carbocycles. The first-order valence-corrected chi connectivity index (χ1v) is 8.29. The van der Waals surface area contributed by atoms with Crippen molar-refractivity contribution in [2.24, 2.45) is 11.7 Å². The predicted octanol–water partition coefficient (Wildman–Crippen LogP) is 1.43. The van der Waals surface area contributed by atoms with Crippen molar-refractivity contribution in [3.8, 4) is 22.8 Å². The second-order valence-corrected chi connectivity index (χ2v) is 6.32. The average Bonchev–Trinajstić information content (AvgIpc) is 3.28. The number of carbonyl (C=O) groups excluding carboxylic acids is 1. The standard InChI is InChI=1S/C17H21N7O2/c1-9(2)14(18)17(25)19-8-13-21-16(24-26-13)12-6-4-5-11(7-12)15-20-10(3)22-23-15/h4-7,9,14H,8,18H2,1-3H3,(H,19,25)(H,20,22,23)/t14-/m0/s1. The molecule has 4 N–H and O–H groups in total. The number of aromatic amines is 1. The number of rotatable bonds is 6. The lowest BCUT2D eigenvalue weighted by Crippen LogP contribution is -2.43. The molecule has 0 saturated heterocycles. The van der Waals surface area contributed by atoms with Crippen LogP contribution in [0.5, 0.6) is 0 Å².